The van der Waals surface area contributed by atoms with E-state index in [1.165, 1.54) is 0 Å². The van der Waals surface area contributed by atoms with Crippen LogP contribution in [-0.4, -0.2) is 29.3 Å². The number of rotatable bonds is 4. The lowest BCUT2D eigenvalue weighted by Crippen LogP contribution is -2.32. The third-order valence-corrected chi connectivity index (χ3v) is 1.36. The van der Waals surface area contributed by atoms with Crippen molar-refractivity contribution in [1.29, 1.82) is 0 Å². The summed E-state index contributed by atoms with van der Waals surface area (Å²) in [7, 11) is 0. The third kappa shape index (κ3) is 3.51. The molecule has 0 spiro atoms. The molecule has 0 rings (SSSR count). The fourth-order valence-corrected chi connectivity index (χ4v) is 0.601. The second-order valence-electron chi connectivity index (χ2n) is 1.73. The van der Waals surface area contributed by atoms with Gasteiger partial charge < -0.3 is 10.8 Å². The molecule has 3 N–H and O–H groups in total. The van der Waals surface area contributed by atoms with Gasteiger partial charge in [-0.15, -0.1) is 0 Å². The molecule has 0 heterocycles. The van der Waals surface area contributed by atoms with Gasteiger partial charge >= 0.3 is 0 Å². The van der Waals surface area contributed by atoms with E-state index in [-0.39, 0.29) is 18.8 Å². The molecule has 0 aromatic heterocycles. The highest BCUT2D eigenvalue weighted by atomic mass is 32.1. The van der Waals surface area contributed by atoms with Gasteiger partial charge in [-0.2, -0.15) is 12.6 Å². The molecule has 3 nitrogen and oxygen atoms in total. The Labute approximate surface area is 59.6 Å². The highest BCUT2D eigenvalue weighted by Gasteiger charge is 2.09. The van der Waals surface area contributed by atoms with Gasteiger partial charge in [-0.25, -0.2) is 0 Å². The Kier molecular flexibility index (Phi) is 4.75. The van der Waals surface area contributed by atoms with Crippen molar-refractivity contribution < 1.29 is 9.90 Å². The van der Waals surface area contributed by atoms with Crippen molar-refractivity contribution in [3.05, 3.63) is 0 Å². The first-order chi connectivity index (χ1) is 4.22. The molecule has 0 fully saturated rings. The number of thiol groups is 1. The summed E-state index contributed by atoms with van der Waals surface area (Å²) in [6.07, 6.45) is 0.141. The fourth-order valence-electron chi connectivity index (χ4n) is 0.397. The van der Waals surface area contributed by atoms with Crippen molar-refractivity contribution in [1.82, 2.24) is 0 Å². The van der Waals surface area contributed by atoms with E-state index in [1.54, 1.807) is 0 Å². The van der Waals surface area contributed by atoms with E-state index >= 15 is 0 Å². The van der Waals surface area contributed by atoms with E-state index in [2.05, 4.69) is 12.6 Å². The van der Waals surface area contributed by atoms with E-state index < -0.39 is 6.04 Å². The van der Waals surface area contributed by atoms with Crippen molar-refractivity contribution in [2.24, 2.45) is 5.73 Å². The number of carbonyl (C=O) groups excluding carboxylic acids is 1. The average molecular weight is 149 g/mol. The molecule has 0 aliphatic rings. The molecule has 0 aromatic carbocycles. The summed E-state index contributed by atoms with van der Waals surface area (Å²) in [5.74, 6) is 0.214. The Morgan fingerprint density at radius 3 is 2.67 bits per heavy atom. The zero-order valence-corrected chi connectivity index (χ0v) is 5.97. The number of ketones is 1. The van der Waals surface area contributed by atoms with Crippen molar-refractivity contribution in [2.45, 2.75) is 12.5 Å². The highest BCUT2D eigenvalue weighted by Crippen LogP contribution is 1.89. The summed E-state index contributed by atoms with van der Waals surface area (Å²) in [6.45, 7) is -0.125. The third-order valence-electron chi connectivity index (χ3n) is 0.968. The molecule has 0 bridgehead atoms. The zero-order chi connectivity index (χ0) is 7.28. The Hall–Kier alpha value is -0.0600. The average Bonchev–Trinajstić information content (AvgIpc) is 1.87. The first-order valence-electron chi connectivity index (χ1n) is 2.72. The molecule has 4 heteroatoms. The van der Waals surface area contributed by atoms with E-state index in [1.807, 2.05) is 0 Å². The molecular weight excluding hydrogens is 138 g/mol. The van der Waals surface area contributed by atoms with Crippen LogP contribution in [0.4, 0.5) is 0 Å². The van der Waals surface area contributed by atoms with Crippen LogP contribution in [0.5, 0.6) is 0 Å². The van der Waals surface area contributed by atoms with Gasteiger partial charge in [0.15, 0.2) is 5.78 Å². The van der Waals surface area contributed by atoms with E-state index in [0.29, 0.717) is 5.75 Å². The summed E-state index contributed by atoms with van der Waals surface area (Å²) in [6, 6.07) is -0.513. The minimum atomic E-state index is -0.513. The standard InChI is InChI=1S/C5H11NO2S/c6-4(3-9)5(8)1-2-7/h4,7,9H,1-3,6H2/t4-/m0/s1. The van der Waals surface area contributed by atoms with Gasteiger partial charge in [0.2, 0.25) is 0 Å². The largest absolute Gasteiger partial charge is 0.396 e. The van der Waals surface area contributed by atoms with Crippen LogP contribution >= 0.6 is 12.6 Å². The molecule has 0 radical (unpaired) electrons. The maximum absolute atomic E-state index is 10.6. The lowest BCUT2D eigenvalue weighted by Gasteiger charge is -2.03. The number of hydrogen-bond acceptors (Lipinski definition) is 4. The Morgan fingerprint density at radius 1 is 1.78 bits per heavy atom. The van der Waals surface area contributed by atoms with Gasteiger partial charge in [-0.3, -0.25) is 4.79 Å². The number of carbonyl (C=O) groups is 1. The van der Waals surface area contributed by atoms with Gasteiger partial charge in [0.1, 0.15) is 0 Å². The van der Waals surface area contributed by atoms with E-state index in [9.17, 15) is 4.79 Å². The van der Waals surface area contributed by atoms with Gasteiger partial charge in [-0.1, -0.05) is 0 Å². The number of Topliss-reactive ketones (excluding diaryl/α,β-unsaturated/α-hetero) is 1. The van der Waals surface area contributed by atoms with E-state index in [4.69, 9.17) is 10.8 Å². The second-order valence-corrected chi connectivity index (χ2v) is 2.09. The summed E-state index contributed by atoms with van der Waals surface area (Å²) in [5.41, 5.74) is 5.27. The summed E-state index contributed by atoms with van der Waals surface area (Å²) in [4.78, 5) is 10.6. The number of nitrogens with two attached hydrogens (primary N) is 1. The van der Waals surface area contributed by atoms with Crippen LogP contribution in [0.25, 0.3) is 0 Å². The molecule has 0 aromatic rings. The molecule has 0 aliphatic heterocycles. The van der Waals surface area contributed by atoms with Crippen LogP contribution in [0.2, 0.25) is 0 Å². The number of aliphatic hydroxyl groups is 1. The molecule has 0 aliphatic carbocycles. The summed E-state index contributed by atoms with van der Waals surface area (Å²) < 4.78 is 0. The Morgan fingerprint density at radius 2 is 2.33 bits per heavy atom. The summed E-state index contributed by atoms with van der Waals surface area (Å²) in [5, 5.41) is 8.28. The van der Waals surface area contributed by atoms with Gasteiger partial charge in [-0.05, 0) is 0 Å². The molecule has 0 saturated heterocycles. The fraction of sp³-hybridized carbons (Fsp3) is 0.800. The Bertz CT molecular complexity index is 97.0. The number of hydrogen-bond donors (Lipinski definition) is 3. The number of aliphatic hydroxyl groups excluding tert-OH is 1. The van der Waals surface area contributed by atoms with E-state index in [0.717, 1.165) is 0 Å². The smallest absolute Gasteiger partial charge is 0.152 e. The second kappa shape index (κ2) is 4.78. The van der Waals surface area contributed by atoms with Crippen LogP contribution in [0, 0.1) is 0 Å². The minimum Gasteiger partial charge on any atom is -0.396 e. The van der Waals surface area contributed by atoms with Crippen LogP contribution in [0.1, 0.15) is 6.42 Å². The summed E-state index contributed by atoms with van der Waals surface area (Å²) >= 11 is 3.82. The lowest BCUT2D eigenvalue weighted by atomic mass is 10.2. The van der Waals surface area contributed by atoms with Crippen LogP contribution in [-0.2, 0) is 4.79 Å². The van der Waals surface area contributed by atoms with Crippen LogP contribution in [0.15, 0.2) is 0 Å². The van der Waals surface area contributed by atoms with Gasteiger partial charge in [0, 0.05) is 12.2 Å². The van der Waals surface area contributed by atoms with Gasteiger partial charge in [0.05, 0.1) is 12.6 Å². The molecule has 0 unspecified atom stereocenters. The van der Waals surface area contributed by atoms with Crippen LogP contribution < -0.4 is 5.73 Å². The maximum atomic E-state index is 10.6. The normalized spacial score (nSPS) is 13.2. The molecule has 9 heavy (non-hydrogen) atoms. The van der Waals surface area contributed by atoms with Crippen LogP contribution in [0.3, 0.4) is 0 Å². The maximum Gasteiger partial charge on any atom is 0.152 e. The lowest BCUT2D eigenvalue weighted by molar-refractivity contribution is -0.120. The van der Waals surface area contributed by atoms with Crippen molar-refractivity contribution in [3.8, 4) is 0 Å². The Balaban J connectivity index is 3.46. The molecular formula is C5H11NO2S. The predicted molar refractivity (Wildman–Crippen MR) is 38.5 cm³/mol. The predicted octanol–water partition coefficient (Wildman–Crippen LogP) is -0.805. The minimum absolute atomic E-state index is 0.125. The highest BCUT2D eigenvalue weighted by molar-refractivity contribution is 7.80. The van der Waals surface area contributed by atoms with Crippen molar-refractivity contribution in [3.63, 3.8) is 0 Å². The van der Waals surface area contributed by atoms with Crippen molar-refractivity contribution >= 4 is 18.4 Å². The molecule has 1 atom stereocenters. The van der Waals surface area contributed by atoms with Crippen molar-refractivity contribution in [2.75, 3.05) is 12.4 Å². The van der Waals surface area contributed by atoms with Gasteiger partial charge in [0.25, 0.3) is 0 Å². The first-order valence-corrected chi connectivity index (χ1v) is 3.35. The quantitative estimate of drug-likeness (QED) is 0.458. The molecule has 0 saturated carbocycles. The monoisotopic (exact) mass is 149 g/mol. The molecule has 54 valence electrons. The topological polar surface area (TPSA) is 63.3 Å². The molecule has 0 amide bonds. The zero-order valence-electron chi connectivity index (χ0n) is 5.08. The SMILES string of the molecule is N[C@@H](CS)C(=O)CCO. The first kappa shape index (κ1) is 8.94.